The number of para-hydroxylation sites is 2. The molecule has 3 saturated heterocycles. The number of methoxy groups -OCH3 is 2. The summed E-state index contributed by atoms with van der Waals surface area (Å²) in [7, 11) is 2.92. The van der Waals surface area contributed by atoms with Crippen molar-refractivity contribution in [3.05, 3.63) is 96.1 Å². The van der Waals surface area contributed by atoms with Crippen molar-refractivity contribution in [2.75, 3.05) is 31.4 Å². The topological polar surface area (TPSA) is 134 Å². The number of hydrogen-bond acceptors (Lipinski definition) is 8. The van der Waals surface area contributed by atoms with Crippen LogP contribution in [0.25, 0.3) is 0 Å². The Morgan fingerprint density at radius 1 is 0.714 bits per heavy atom. The van der Waals surface area contributed by atoms with Crippen LogP contribution in [0.2, 0.25) is 0 Å². The highest BCUT2D eigenvalue weighted by Gasteiger charge is 2.44. The van der Waals surface area contributed by atoms with E-state index < -0.39 is 35.9 Å². The van der Waals surface area contributed by atoms with Crippen LogP contribution < -0.4 is 20.3 Å². The lowest BCUT2D eigenvalue weighted by atomic mass is 9.86. The molecule has 3 aliphatic rings. The maximum Gasteiger partial charge on any atom is 0.328 e. The Kier molecular flexibility index (Phi) is 14.5. The van der Waals surface area contributed by atoms with Crippen LogP contribution >= 0.6 is 11.8 Å². The lowest BCUT2D eigenvalue weighted by Gasteiger charge is -2.40. The van der Waals surface area contributed by atoms with Crippen molar-refractivity contribution in [1.82, 2.24) is 15.5 Å². The van der Waals surface area contributed by atoms with Crippen molar-refractivity contribution in [3.8, 4) is 5.75 Å². The molecule has 0 aromatic heterocycles. The monoisotopic (exact) mass is 782 g/mol. The largest absolute Gasteiger partial charge is 0.495 e. The SMILES string of the molecule is COC(=O)C1CCCC2SCCC(NC(=O)C(CCC(Cc3ccccc3)C(=O)NC3CCCCN(c4ccccc4OC)C3=O)Cc3ccccc3)C(=O)N21. The van der Waals surface area contributed by atoms with E-state index in [-0.39, 0.29) is 29.0 Å². The highest BCUT2D eigenvalue weighted by molar-refractivity contribution is 7.99. The van der Waals surface area contributed by atoms with E-state index in [0.717, 1.165) is 36.8 Å². The van der Waals surface area contributed by atoms with E-state index >= 15 is 0 Å². The second-order valence-electron chi connectivity index (χ2n) is 15.0. The first-order valence-electron chi connectivity index (χ1n) is 19.9. The molecule has 3 aliphatic heterocycles. The second-order valence-corrected chi connectivity index (χ2v) is 16.2. The Morgan fingerprint density at radius 2 is 1.30 bits per heavy atom. The number of fused-ring (bicyclic) bond motifs is 1. The molecule has 12 heteroatoms. The van der Waals surface area contributed by atoms with Crippen molar-refractivity contribution in [3.63, 3.8) is 0 Å². The summed E-state index contributed by atoms with van der Waals surface area (Å²) in [6.07, 6.45) is 6.32. The second kappa shape index (κ2) is 19.8. The van der Waals surface area contributed by atoms with Crippen LogP contribution in [0.15, 0.2) is 84.9 Å². The Morgan fingerprint density at radius 3 is 1.91 bits per heavy atom. The molecule has 6 unspecified atom stereocenters. The van der Waals surface area contributed by atoms with Gasteiger partial charge in [0.15, 0.2) is 0 Å². The molecule has 0 spiro atoms. The van der Waals surface area contributed by atoms with Gasteiger partial charge in [-0.2, -0.15) is 0 Å². The number of esters is 1. The van der Waals surface area contributed by atoms with Crippen LogP contribution in [-0.4, -0.2) is 84.5 Å². The molecule has 3 fully saturated rings. The standard InChI is InChI=1S/C44H54N4O7S/c1-54-38-21-10-9-19-36(38)47-26-12-11-18-34(42(47)51)45-40(49)32(28-30-14-5-3-6-15-30)23-24-33(29-31-16-7-4-8-17-31)41(50)46-35-25-27-56-39-22-13-20-37(44(53)55-2)48(39)43(35)52/h3-10,14-17,19,21,32-35,37,39H,11-13,18,20,22-29H2,1-2H3,(H,45,49)(H,46,50). The van der Waals surface area contributed by atoms with Crippen LogP contribution in [0.1, 0.15) is 68.9 Å². The number of benzene rings is 3. The lowest BCUT2D eigenvalue weighted by molar-refractivity contribution is -0.156. The van der Waals surface area contributed by atoms with Gasteiger partial charge in [0.1, 0.15) is 23.9 Å². The maximum atomic E-state index is 14.3. The fraction of sp³-hybridized carbons (Fsp3) is 0.477. The molecule has 6 rings (SSSR count). The van der Waals surface area contributed by atoms with Gasteiger partial charge in [-0.1, -0.05) is 72.8 Å². The minimum absolute atomic E-state index is 0.137. The average Bonchev–Trinajstić information content (AvgIpc) is 3.51. The molecule has 0 radical (unpaired) electrons. The Labute approximate surface area is 334 Å². The lowest BCUT2D eigenvalue weighted by Crippen LogP contribution is -2.57. The molecule has 3 heterocycles. The van der Waals surface area contributed by atoms with Gasteiger partial charge in [0.2, 0.25) is 23.6 Å². The van der Waals surface area contributed by atoms with Crippen LogP contribution in [0, 0.1) is 11.8 Å². The number of carbonyl (C=O) groups is 5. The quantitative estimate of drug-likeness (QED) is 0.199. The first-order valence-corrected chi connectivity index (χ1v) is 21.0. The minimum Gasteiger partial charge on any atom is -0.495 e. The number of carbonyl (C=O) groups excluding carboxylic acids is 5. The molecule has 6 atom stereocenters. The number of ether oxygens (including phenoxy) is 2. The fourth-order valence-corrected chi connectivity index (χ4v) is 9.64. The summed E-state index contributed by atoms with van der Waals surface area (Å²) in [5.41, 5.74) is 2.64. The number of hydrogen-bond donors (Lipinski definition) is 2. The van der Waals surface area contributed by atoms with E-state index in [0.29, 0.717) is 68.7 Å². The van der Waals surface area contributed by atoms with Gasteiger partial charge in [0.25, 0.3) is 0 Å². The van der Waals surface area contributed by atoms with E-state index in [1.54, 1.807) is 28.7 Å². The van der Waals surface area contributed by atoms with E-state index in [1.165, 1.54) is 7.11 Å². The zero-order valence-electron chi connectivity index (χ0n) is 32.4. The van der Waals surface area contributed by atoms with Gasteiger partial charge in [-0.25, -0.2) is 4.79 Å². The molecular weight excluding hydrogens is 729 g/mol. The predicted octanol–water partition coefficient (Wildman–Crippen LogP) is 5.70. The molecule has 298 valence electrons. The number of amides is 4. The van der Waals surface area contributed by atoms with Crippen LogP contribution in [-0.2, 0) is 41.6 Å². The molecule has 4 amide bonds. The smallest absolute Gasteiger partial charge is 0.328 e. The number of rotatable bonds is 14. The summed E-state index contributed by atoms with van der Waals surface area (Å²) < 4.78 is 10.6. The normalized spacial score (nSPS) is 22.5. The van der Waals surface area contributed by atoms with Crippen molar-refractivity contribution in [1.29, 1.82) is 0 Å². The van der Waals surface area contributed by atoms with Gasteiger partial charge in [-0.15, -0.1) is 11.8 Å². The summed E-state index contributed by atoms with van der Waals surface area (Å²) >= 11 is 1.65. The van der Waals surface area contributed by atoms with Gasteiger partial charge in [0.05, 0.1) is 25.3 Å². The molecule has 56 heavy (non-hydrogen) atoms. The van der Waals surface area contributed by atoms with Gasteiger partial charge >= 0.3 is 5.97 Å². The zero-order valence-corrected chi connectivity index (χ0v) is 33.2. The Balaban J connectivity index is 1.20. The van der Waals surface area contributed by atoms with Crippen molar-refractivity contribution in [2.24, 2.45) is 11.8 Å². The molecule has 0 aliphatic carbocycles. The number of nitrogens with zero attached hydrogens (tertiary/aromatic N) is 2. The van der Waals surface area contributed by atoms with Gasteiger partial charge < -0.3 is 29.9 Å². The third-order valence-electron chi connectivity index (χ3n) is 11.3. The molecule has 3 aromatic rings. The zero-order chi connectivity index (χ0) is 39.4. The summed E-state index contributed by atoms with van der Waals surface area (Å²) in [5.74, 6) is -1.13. The van der Waals surface area contributed by atoms with Crippen LogP contribution in [0.4, 0.5) is 5.69 Å². The van der Waals surface area contributed by atoms with Crippen molar-refractivity contribution < 1.29 is 33.4 Å². The summed E-state index contributed by atoms with van der Waals surface area (Å²) in [6, 6.07) is 24.8. The molecule has 2 N–H and O–H groups in total. The van der Waals surface area contributed by atoms with Crippen molar-refractivity contribution in [2.45, 2.75) is 94.1 Å². The molecular formula is C44H54N4O7S. The highest BCUT2D eigenvalue weighted by atomic mass is 32.2. The van der Waals surface area contributed by atoms with Crippen LogP contribution in [0.3, 0.4) is 0 Å². The Hall–Kier alpha value is -4.84. The predicted molar refractivity (Wildman–Crippen MR) is 217 cm³/mol. The van der Waals surface area contributed by atoms with Crippen molar-refractivity contribution >= 4 is 47.0 Å². The molecule has 3 aromatic carbocycles. The first-order chi connectivity index (χ1) is 27.3. The van der Waals surface area contributed by atoms with E-state index in [1.807, 2.05) is 84.9 Å². The third kappa shape index (κ3) is 10.1. The number of piperidine rings is 1. The summed E-state index contributed by atoms with van der Waals surface area (Å²) in [5, 5.41) is 6.09. The number of anilines is 1. The summed E-state index contributed by atoms with van der Waals surface area (Å²) in [6.45, 7) is 0.527. The first kappa shape index (κ1) is 40.8. The average molecular weight is 783 g/mol. The number of nitrogens with one attached hydrogen (secondary N) is 2. The number of thioether (sulfide) groups is 1. The highest BCUT2D eigenvalue weighted by Crippen LogP contribution is 2.35. The molecule has 0 bridgehead atoms. The maximum absolute atomic E-state index is 14.3. The molecule has 0 saturated carbocycles. The van der Waals surface area contributed by atoms with Gasteiger partial charge in [0, 0.05) is 18.4 Å². The van der Waals surface area contributed by atoms with E-state index in [4.69, 9.17) is 9.47 Å². The minimum atomic E-state index is -0.778. The third-order valence-corrected chi connectivity index (χ3v) is 12.6. The fourth-order valence-electron chi connectivity index (χ4n) is 8.25. The molecule has 11 nitrogen and oxygen atoms in total. The van der Waals surface area contributed by atoms with Gasteiger partial charge in [-0.3, -0.25) is 19.2 Å². The van der Waals surface area contributed by atoms with E-state index in [9.17, 15) is 24.0 Å². The summed E-state index contributed by atoms with van der Waals surface area (Å²) in [4.78, 5) is 72.9. The Bertz CT molecular complexity index is 1810. The van der Waals surface area contributed by atoms with Gasteiger partial charge in [-0.05, 0) is 99.6 Å². The van der Waals surface area contributed by atoms with E-state index in [2.05, 4.69) is 10.6 Å². The van der Waals surface area contributed by atoms with Crippen LogP contribution in [0.5, 0.6) is 5.75 Å².